The van der Waals surface area contributed by atoms with Crippen LogP contribution in [0, 0.1) is 5.92 Å². The number of halogens is 2. The molecule has 2 rings (SSSR count). The molecular formula is C17H20Cl2O2. The minimum atomic E-state index is -0.400. The maximum atomic E-state index is 12.3. The number of carbonyl (C=O) groups is 1. The average molecular weight is 327 g/mol. The normalized spacial score (nSPS) is 25.9. The van der Waals surface area contributed by atoms with Crippen molar-refractivity contribution >= 4 is 29.2 Å². The number of ether oxygens (including phenoxy) is 1. The van der Waals surface area contributed by atoms with Crippen molar-refractivity contribution < 1.29 is 9.53 Å². The van der Waals surface area contributed by atoms with Gasteiger partial charge in [0.1, 0.15) is 0 Å². The molecule has 0 heterocycles. The van der Waals surface area contributed by atoms with Crippen LogP contribution in [0.3, 0.4) is 0 Å². The number of esters is 1. The Morgan fingerprint density at radius 1 is 1.33 bits per heavy atom. The third-order valence-electron chi connectivity index (χ3n) is 4.34. The summed E-state index contributed by atoms with van der Waals surface area (Å²) in [6.07, 6.45) is 1.80. The lowest BCUT2D eigenvalue weighted by molar-refractivity contribution is -0.137. The molecule has 0 aliphatic heterocycles. The Balaban J connectivity index is 2.62. The lowest BCUT2D eigenvalue weighted by atomic mass is 9.64. The zero-order valence-electron chi connectivity index (χ0n) is 12.8. The van der Waals surface area contributed by atoms with Gasteiger partial charge in [-0.25, -0.2) is 4.79 Å². The van der Waals surface area contributed by atoms with Gasteiger partial charge in [0.15, 0.2) is 0 Å². The fourth-order valence-corrected chi connectivity index (χ4v) is 3.87. The number of allylic oxidation sites excluding steroid dienone is 1. The van der Waals surface area contributed by atoms with Crippen LogP contribution in [0.15, 0.2) is 29.3 Å². The molecule has 0 N–H and O–H groups in total. The van der Waals surface area contributed by atoms with Gasteiger partial charge in [-0.3, -0.25) is 0 Å². The van der Waals surface area contributed by atoms with E-state index in [0.29, 0.717) is 16.0 Å². The van der Waals surface area contributed by atoms with E-state index in [1.807, 2.05) is 19.1 Å². The van der Waals surface area contributed by atoms with Gasteiger partial charge in [0.2, 0.25) is 0 Å². The molecule has 0 radical (unpaired) electrons. The molecule has 2 nitrogen and oxygen atoms in total. The molecule has 114 valence electrons. The molecule has 21 heavy (non-hydrogen) atoms. The number of hydrogen-bond donors (Lipinski definition) is 0. The summed E-state index contributed by atoms with van der Waals surface area (Å²) in [7, 11) is 1.43. The van der Waals surface area contributed by atoms with Crippen molar-refractivity contribution in [2.24, 2.45) is 5.92 Å². The number of benzene rings is 1. The smallest absolute Gasteiger partial charge is 0.334 e. The molecule has 1 aromatic rings. The zero-order chi connectivity index (χ0) is 15.8. The Hall–Kier alpha value is -0.990. The van der Waals surface area contributed by atoms with Crippen LogP contribution in [0.25, 0.3) is 0 Å². The molecule has 0 saturated heterocycles. The standard InChI is InChI=1S/C17H20Cl2O2/c1-10-7-11(2)15(16(20)21-4)17(3,9-10)12-5-6-13(18)14(19)8-12/h5-6,8,10H,7,9H2,1-4H3. The van der Waals surface area contributed by atoms with E-state index in [1.54, 1.807) is 6.07 Å². The predicted molar refractivity (Wildman–Crippen MR) is 86.9 cm³/mol. The minimum Gasteiger partial charge on any atom is -0.466 e. The highest BCUT2D eigenvalue weighted by Crippen LogP contribution is 2.46. The second-order valence-corrected chi connectivity index (χ2v) is 6.94. The van der Waals surface area contributed by atoms with Gasteiger partial charge in [-0.1, -0.05) is 48.7 Å². The van der Waals surface area contributed by atoms with Crippen LogP contribution in [0.2, 0.25) is 10.0 Å². The average Bonchev–Trinajstić information content (AvgIpc) is 2.40. The van der Waals surface area contributed by atoms with E-state index in [0.717, 1.165) is 29.6 Å². The first kappa shape index (κ1) is 16.4. The third-order valence-corrected chi connectivity index (χ3v) is 5.08. The Morgan fingerprint density at radius 3 is 2.57 bits per heavy atom. The molecule has 0 bridgehead atoms. The van der Waals surface area contributed by atoms with Crippen molar-refractivity contribution in [1.29, 1.82) is 0 Å². The Labute approximate surface area is 136 Å². The fraction of sp³-hybridized carbons (Fsp3) is 0.471. The van der Waals surface area contributed by atoms with Crippen LogP contribution in [0.1, 0.15) is 39.2 Å². The first-order chi connectivity index (χ1) is 9.79. The van der Waals surface area contributed by atoms with Crippen molar-refractivity contribution in [3.63, 3.8) is 0 Å². The van der Waals surface area contributed by atoms with Gasteiger partial charge in [-0.15, -0.1) is 0 Å². The maximum Gasteiger partial charge on any atom is 0.334 e. The lowest BCUT2D eigenvalue weighted by Gasteiger charge is -2.39. The molecule has 1 aromatic carbocycles. The van der Waals surface area contributed by atoms with Gasteiger partial charge in [0.25, 0.3) is 0 Å². The van der Waals surface area contributed by atoms with Crippen LogP contribution in [0.5, 0.6) is 0 Å². The summed E-state index contributed by atoms with van der Waals surface area (Å²) in [5, 5.41) is 1.03. The Morgan fingerprint density at radius 2 is 2.00 bits per heavy atom. The summed E-state index contributed by atoms with van der Waals surface area (Å²) < 4.78 is 5.01. The summed E-state index contributed by atoms with van der Waals surface area (Å²) in [6.45, 7) is 6.29. The van der Waals surface area contributed by atoms with Crippen molar-refractivity contribution in [2.45, 2.75) is 39.0 Å². The highest BCUT2D eigenvalue weighted by Gasteiger charge is 2.41. The van der Waals surface area contributed by atoms with Gasteiger partial charge in [-0.2, -0.15) is 0 Å². The first-order valence-electron chi connectivity index (χ1n) is 7.03. The van der Waals surface area contributed by atoms with Gasteiger partial charge < -0.3 is 4.74 Å². The molecule has 0 aromatic heterocycles. The van der Waals surface area contributed by atoms with Crippen molar-refractivity contribution in [3.05, 3.63) is 45.0 Å². The van der Waals surface area contributed by atoms with Gasteiger partial charge >= 0.3 is 5.97 Å². The van der Waals surface area contributed by atoms with Crippen LogP contribution in [-0.2, 0) is 14.9 Å². The van der Waals surface area contributed by atoms with Crippen LogP contribution in [0.4, 0.5) is 0 Å². The highest BCUT2D eigenvalue weighted by molar-refractivity contribution is 6.42. The van der Waals surface area contributed by atoms with Crippen LogP contribution >= 0.6 is 23.2 Å². The van der Waals surface area contributed by atoms with E-state index < -0.39 is 5.41 Å². The molecule has 0 fully saturated rings. The molecular weight excluding hydrogens is 307 g/mol. The molecule has 1 aliphatic rings. The van der Waals surface area contributed by atoms with Crippen molar-refractivity contribution in [1.82, 2.24) is 0 Å². The van der Waals surface area contributed by atoms with E-state index in [9.17, 15) is 4.79 Å². The fourth-order valence-electron chi connectivity index (χ4n) is 3.57. The van der Waals surface area contributed by atoms with Gasteiger partial charge in [-0.05, 0) is 43.4 Å². The summed E-state index contributed by atoms with van der Waals surface area (Å²) in [4.78, 5) is 12.3. The number of rotatable bonds is 2. The van der Waals surface area contributed by atoms with Gasteiger partial charge in [0, 0.05) is 11.0 Å². The molecule has 0 spiro atoms. The monoisotopic (exact) mass is 326 g/mol. The summed E-state index contributed by atoms with van der Waals surface area (Å²) in [5.74, 6) is 0.242. The predicted octanol–water partition coefficient (Wildman–Crippen LogP) is 5.17. The Kier molecular flexibility index (Phi) is 4.69. The van der Waals surface area contributed by atoms with Gasteiger partial charge in [0.05, 0.1) is 17.2 Å². The van der Waals surface area contributed by atoms with Crippen molar-refractivity contribution in [3.8, 4) is 0 Å². The Bertz CT molecular complexity index is 607. The highest BCUT2D eigenvalue weighted by atomic mass is 35.5. The second-order valence-electron chi connectivity index (χ2n) is 6.12. The maximum absolute atomic E-state index is 12.3. The minimum absolute atomic E-state index is 0.257. The zero-order valence-corrected chi connectivity index (χ0v) is 14.3. The lowest BCUT2D eigenvalue weighted by Crippen LogP contribution is -2.36. The van der Waals surface area contributed by atoms with E-state index in [-0.39, 0.29) is 5.97 Å². The third kappa shape index (κ3) is 2.97. The topological polar surface area (TPSA) is 26.3 Å². The number of hydrogen-bond acceptors (Lipinski definition) is 2. The first-order valence-corrected chi connectivity index (χ1v) is 7.79. The molecule has 0 saturated carbocycles. The van der Waals surface area contributed by atoms with Crippen molar-refractivity contribution in [2.75, 3.05) is 7.11 Å². The SMILES string of the molecule is COC(=O)C1=C(C)CC(C)CC1(C)c1ccc(Cl)c(Cl)c1. The summed E-state index contributed by atoms with van der Waals surface area (Å²) in [6, 6.07) is 5.59. The number of methoxy groups -OCH3 is 1. The summed E-state index contributed by atoms with van der Waals surface area (Å²) in [5.41, 5.74) is 2.45. The van der Waals surface area contributed by atoms with Crippen LogP contribution < -0.4 is 0 Å². The molecule has 2 unspecified atom stereocenters. The van der Waals surface area contributed by atoms with E-state index in [2.05, 4.69) is 13.8 Å². The molecule has 1 aliphatic carbocycles. The number of carbonyl (C=O) groups excluding carboxylic acids is 1. The van der Waals surface area contributed by atoms with E-state index >= 15 is 0 Å². The second kappa shape index (κ2) is 6.02. The van der Waals surface area contributed by atoms with Crippen LogP contribution in [-0.4, -0.2) is 13.1 Å². The quantitative estimate of drug-likeness (QED) is 0.701. The molecule has 2 atom stereocenters. The van der Waals surface area contributed by atoms with E-state index in [4.69, 9.17) is 27.9 Å². The largest absolute Gasteiger partial charge is 0.466 e. The molecule has 0 amide bonds. The van der Waals surface area contributed by atoms with E-state index in [1.165, 1.54) is 7.11 Å². The molecule has 4 heteroatoms. The summed E-state index contributed by atoms with van der Waals surface area (Å²) >= 11 is 12.2.